The lowest BCUT2D eigenvalue weighted by Gasteiger charge is -2.08. The first-order valence-electron chi connectivity index (χ1n) is 8.78. The van der Waals surface area contributed by atoms with E-state index < -0.39 is 24.0 Å². The highest BCUT2D eigenvalue weighted by molar-refractivity contribution is 5.70. The second kappa shape index (κ2) is 11.6. The third-order valence-electron chi connectivity index (χ3n) is 3.70. The molecule has 1 N–H and O–H groups in total. The Morgan fingerprint density at radius 3 is 2.35 bits per heavy atom. The zero-order chi connectivity index (χ0) is 22.6. The molecule has 0 radical (unpaired) electrons. The predicted octanol–water partition coefficient (Wildman–Crippen LogP) is 4.01. The molecular formula is C23H16F3N3O2. The molecule has 1 amide bonds. The van der Waals surface area contributed by atoms with Gasteiger partial charge in [0.25, 0.3) is 0 Å². The average molecular weight is 423 g/mol. The molecular weight excluding hydrogens is 407 g/mol. The van der Waals surface area contributed by atoms with Crippen LogP contribution in [0.15, 0.2) is 60.8 Å². The molecule has 0 aliphatic carbocycles. The van der Waals surface area contributed by atoms with Gasteiger partial charge in [-0.1, -0.05) is 30.2 Å². The second-order valence-corrected chi connectivity index (χ2v) is 5.79. The summed E-state index contributed by atoms with van der Waals surface area (Å²) in [6.07, 6.45) is 8.65. The molecule has 31 heavy (non-hydrogen) atoms. The Labute approximate surface area is 177 Å². The van der Waals surface area contributed by atoms with E-state index in [0.717, 1.165) is 0 Å². The number of cyclic esters (lactones) is 1. The van der Waals surface area contributed by atoms with Crippen LogP contribution < -0.4 is 5.32 Å². The van der Waals surface area contributed by atoms with Crippen molar-refractivity contribution in [1.29, 1.82) is 0 Å². The molecule has 5 nitrogen and oxygen atoms in total. The lowest BCUT2D eigenvalue weighted by atomic mass is 10.1. The maximum absolute atomic E-state index is 13.7. The Kier molecular flexibility index (Phi) is 8.63. The number of nitrogens with one attached hydrogen (secondary N) is 1. The summed E-state index contributed by atoms with van der Waals surface area (Å²) in [6, 6.07) is 13.1. The minimum absolute atomic E-state index is 0.0275. The molecule has 1 saturated heterocycles. The summed E-state index contributed by atoms with van der Waals surface area (Å²) in [7, 11) is 0. The number of pyridine rings is 2. The van der Waals surface area contributed by atoms with Crippen molar-refractivity contribution in [2.24, 2.45) is 0 Å². The van der Waals surface area contributed by atoms with Crippen molar-refractivity contribution >= 4 is 6.09 Å². The fourth-order valence-electron chi connectivity index (χ4n) is 2.36. The number of hydrogen-bond acceptors (Lipinski definition) is 4. The molecule has 156 valence electrons. The zero-order valence-electron chi connectivity index (χ0n) is 16.1. The van der Waals surface area contributed by atoms with Crippen LogP contribution in [0.2, 0.25) is 0 Å². The van der Waals surface area contributed by atoms with Crippen LogP contribution in [0.1, 0.15) is 22.9 Å². The van der Waals surface area contributed by atoms with E-state index >= 15 is 0 Å². The fourth-order valence-corrected chi connectivity index (χ4v) is 2.36. The van der Waals surface area contributed by atoms with E-state index in [9.17, 15) is 18.0 Å². The van der Waals surface area contributed by atoms with Gasteiger partial charge in [-0.15, -0.1) is 12.8 Å². The Balaban J connectivity index is 0.000000319. The number of rotatable bonds is 1. The van der Waals surface area contributed by atoms with Gasteiger partial charge in [-0.2, -0.15) is 8.78 Å². The topological polar surface area (TPSA) is 64.1 Å². The first-order valence-corrected chi connectivity index (χ1v) is 8.78. The molecule has 1 fully saturated rings. The van der Waals surface area contributed by atoms with Gasteiger partial charge in [0.05, 0.1) is 6.04 Å². The molecule has 2 aromatic heterocycles. The number of halogens is 3. The van der Waals surface area contributed by atoms with Crippen LogP contribution in [-0.2, 0) is 4.74 Å². The standard InChI is InChI=1S/C15H9F2N3O2.C6H5F.C2H2/c16-13-3-1-2-10(19-13)5-4-9-6-11(14(17)18-7-9)12-8-22-15(21)20-12;7-6-4-2-1-3-5-6;1-2/h1-3,6-7,12H,8H2,(H,20,21);1-5H;1-2H/t12-;;/m0../s1. The van der Waals surface area contributed by atoms with E-state index in [1.165, 1.54) is 36.5 Å². The number of nitrogens with zero attached hydrogens (tertiary/aromatic N) is 2. The Morgan fingerprint density at radius 1 is 1.03 bits per heavy atom. The highest BCUT2D eigenvalue weighted by Gasteiger charge is 2.26. The third kappa shape index (κ3) is 7.22. The summed E-state index contributed by atoms with van der Waals surface area (Å²) in [5, 5.41) is 2.47. The van der Waals surface area contributed by atoms with Crippen molar-refractivity contribution in [3.05, 3.63) is 95.3 Å². The number of benzene rings is 1. The lowest BCUT2D eigenvalue weighted by Crippen LogP contribution is -2.19. The molecule has 1 aliphatic rings. The van der Waals surface area contributed by atoms with E-state index in [1.54, 1.807) is 24.3 Å². The molecule has 3 aromatic rings. The van der Waals surface area contributed by atoms with Crippen molar-refractivity contribution in [2.75, 3.05) is 6.61 Å². The number of aromatic nitrogens is 2. The Morgan fingerprint density at radius 2 is 1.77 bits per heavy atom. The van der Waals surface area contributed by atoms with Crippen LogP contribution in [0.5, 0.6) is 0 Å². The van der Waals surface area contributed by atoms with Crippen LogP contribution in [-0.4, -0.2) is 22.7 Å². The van der Waals surface area contributed by atoms with Gasteiger partial charge in [0.2, 0.25) is 11.9 Å². The van der Waals surface area contributed by atoms with E-state index in [0.29, 0.717) is 5.56 Å². The normalized spacial score (nSPS) is 13.7. The number of carbonyl (C=O) groups excluding carboxylic acids is 1. The highest BCUT2D eigenvalue weighted by atomic mass is 19.1. The number of hydrogen-bond donors (Lipinski definition) is 1. The molecule has 1 aliphatic heterocycles. The molecule has 3 heterocycles. The van der Waals surface area contributed by atoms with Gasteiger partial charge in [0, 0.05) is 17.3 Å². The smallest absolute Gasteiger partial charge is 0.407 e. The number of ether oxygens (including phenoxy) is 1. The van der Waals surface area contributed by atoms with Crippen LogP contribution in [0.25, 0.3) is 0 Å². The van der Waals surface area contributed by atoms with Crippen LogP contribution in [0, 0.1) is 42.4 Å². The highest BCUT2D eigenvalue weighted by Crippen LogP contribution is 2.20. The van der Waals surface area contributed by atoms with Crippen molar-refractivity contribution in [1.82, 2.24) is 15.3 Å². The van der Waals surface area contributed by atoms with E-state index in [-0.39, 0.29) is 23.7 Å². The summed E-state index contributed by atoms with van der Waals surface area (Å²) >= 11 is 0. The quantitative estimate of drug-likeness (QED) is 0.475. The van der Waals surface area contributed by atoms with Crippen LogP contribution in [0.3, 0.4) is 0 Å². The zero-order valence-corrected chi connectivity index (χ0v) is 16.1. The summed E-state index contributed by atoms with van der Waals surface area (Å²) in [5.41, 5.74) is 0.858. The van der Waals surface area contributed by atoms with Gasteiger partial charge in [-0.05, 0) is 36.3 Å². The van der Waals surface area contributed by atoms with Crippen molar-refractivity contribution in [2.45, 2.75) is 6.04 Å². The summed E-state index contributed by atoms with van der Waals surface area (Å²) in [5.74, 6) is 3.88. The van der Waals surface area contributed by atoms with Gasteiger partial charge in [0.1, 0.15) is 18.1 Å². The summed E-state index contributed by atoms with van der Waals surface area (Å²) in [6.45, 7) is 0.0275. The van der Waals surface area contributed by atoms with Crippen LogP contribution >= 0.6 is 0 Å². The van der Waals surface area contributed by atoms with Gasteiger partial charge < -0.3 is 10.1 Å². The van der Waals surface area contributed by atoms with Crippen molar-refractivity contribution < 1.29 is 22.7 Å². The Bertz CT molecular complexity index is 1110. The summed E-state index contributed by atoms with van der Waals surface area (Å²) < 4.78 is 43.3. The van der Waals surface area contributed by atoms with Gasteiger partial charge in [0.15, 0.2) is 0 Å². The molecule has 1 atom stereocenters. The minimum Gasteiger partial charge on any atom is -0.447 e. The van der Waals surface area contributed by atoms with Crippen molar-refractivity contribution in [3.63, 3.8) is 0 Å². The molecule has 0 unspecified atom stereocenters. The molecule has 4 rings (SSSR count). The van der Waals surface area contributed by atoms with E-state index in [4.69, 9.17) is 4.74 Å². The second-order valence-electron chi connectivity index (χ2n) is 5.79. The maximum atomic E-state index is 13.7. The first kappa shape index (κ1) is 23.0. The maximum Gasteiger partial charge on any atom is 0.407 e. The predicted molar refractivity (Wildman–Crippen MR) is 108 cm³/mol. The summed E-state index contributed by atoms with van der Waals surface area (Å²) in [4.78, 5) is 18.2. The monoisotopic (exact) mass is 423 g/mol. The SMILES string of the molecule is C#C.Fc1ccccc1.O=C1N[C@H](c2cc(C#Cc3cccc(F)n3)cnc2F)CO1. The largest absolute Gasteiger partial charge is 0.447 e. The molecule has 0 spiro atoms. The molecule has 1 aromatic carbocycles. The molecule has 8 heteroatoms. The minimum atomic E-state index is -0.703. The fraction of sp³-hybridized carbons (Fsp3) is 0.0870. The van der Waals surface area contributed by atoms with Gasteiger partial charge in [-0.3, -0.25) is 0 Å². The van der Waals surface area contributed by atoms with E-state index in [2.05, 4.69) is 40.0 Å². The number of carbonyl (C=O) groups is 1. The van der Waals surface area contributed by atoms with Crippen molar-refractivity contribution in [3.8, 4) is 24.7 Å². The third-order valence-corrected chi connectivity index (χ3v) is 3.70. The van der Waals surface area contributed by atoms with E-state index in [1.807, 2.05) is 0 Å². The van der Waals surface area contributed by atoms with Gasteiger partial charge in [-0.25, -0.2) is 19.2 Å². The van der Waals surface area contributed by atoms with Crippen LogP contribution in [0.4, 0.5) is 18.0 Å². The number of alkyl carbamates (subject to hydrolysis) is 1. The number of amides is 1. The molecule has 0 saturated carbocycles. The lowest BCUT2D eigenvalue weighted by molar-refractivity contribution is 0.176. The van der Waals surface area contributed by atoms with Gasteiger partial charge >= 0.3 is 6.09 Å². The average Bonchev–Trinajstić information content (AvgIpc) is 3.22. The first-order chi connectivity index (χ1) is 15.0. The Hall–Kier alpha value is -4.30. The number of terminal acetylenes is 1. The molecule has 0 bridgehead atoms.